The lowest BCUT2D eigenvalue weighted by atomic mass is 10.1. The molecule has 0 saturated heterocycles. The maximum atomic E-state index is 12.4. The Morgan fingerprint density at radius 2 is 2.04 bits per heavy atom. The van der Waals surface area contributed by atoms with E-state index in [1.54, 1.807) is 4.68 Å². The molecule has 121 valence electrons. The van der Waals surface area contributed by atoms with E-state index in [9.17, 15) is 4.79 Å². The van der Waals surface area contributed by atoms with E-state index in [2.05, 4.69) is 22.2 Å². The number of hydrogen-bond acceptors (Lipinski definition) is 4. The fourth-order valence-electron chi connectivity index (χ4n) is 2.91. The molecule has 1 aliphatic rings. The number of rotatable bonds is 5. The summed E-state index contributed by atoms with van der Waals surface area (Å²) in [4.78, 5) is 14.5. The molecule has 0 saturated carbocycles. The van der Waals surface area contributed by atoms with Crippen molar-refractivity contribution in [2.75, 3.05) is 18.1 Å². The minimum atomic E-state index is -0.373. The summed E-state index contributed by atoms with van der Waals surface area (Å²) in [5.74, 6) is 0.495. The van der Waals surface area contributed by atoms with Gasteiger partial charge in [-0.3, -0.25) is 9.48 Å². The minimum Gasteiger partial charge on any atom is -0.493 e. The van der Waals surface area contributed by atoms with Gasteiger partial charge in [-0.2, -0.15) is 5.10 Å². The van der Waals surface area contributed by atoms with Gasteiger partial charge in [0.1, 0.15) is 5.75 Å². The van der Waals surface area contributed by atoms with E-state index in [1.807, 2.05) is 44.4 Å². The molecule has 1 aromatic carbocycles. The van der Waals surface area contributed by atoms with E-state index < -0.39 is 0 Å². The van der Waals surface area contributed by atoms with E-state index in [4.69, 9.17) is 4.74 Å². The topological polar surface area (TPSA) is 61.5 Å². The number of amides is 1. The Labute approximate surface area is 136 Å². The summed E-state index contributed by atoms with van der Waals surface area (Å²) in [5.41, 5.74) is 2.17. The van der Waals surface area contributed by atoms with E-state index in [1.165, 1.54) is 0 Å². The molecule has 23 heavy (non-hydrogen) atoms. The third-order valence-electron chi connectivity index (χ3n) is 3.82. The van der Waals surface area contributed by atoms with Crippen LogP contribution in [-0.2, 0) is 7.05 Å². The van der Waals surface area contributed by atoms with Crippen LogP contribution in [0.2, 0.25) is 0 Å². The molecule has 1 unspecified atom stereocenters. The third-order valence-corrected chi connectivity index (χ3v) is 3.82. The number of hydrogen-bond donors (Lipinski definition) is 0. The standard InChI is InChI=1S/C17H21N4O2/c1-4-10-21-13-11-20(3)19-15(13)17(22)18-16(21)12-8-6-7-9-14(12)23-5-2/h6-9,11,16H,4-5,10H2,1-3H3. The highest BCUT2D eigenvalue weighted by Crippen LogP contribution is 2.37. The molecular weight excluding hydrogens is 292 g/mol. The molecule has 0 N–H and O–H groups in total. The summed E-state index contributed by atoms with van der Waals surface area (Å²) in [5, 5.41) is 8.63. The quantitative estimate of drug-likeness (QED) is 0.851. The molecule has 6 heteroatoms. The van der Waals surface area contributed by atoms with Gasteiger partial charge in [-0.05, 0) is 19.4 Å². The predicted octanol–water partition coefficient (Wildman–Crippen LogP) is 2.49. The second-order valence-electron chi connectivity index (χ2n) is 5.51. The van der Waals surface area contributed by atoms with Crippen LogP contribution in [0.5, 0.6) is 5.75 Å². The van der Waals surface area contributed by atoms with Crippen LogP contribution in [-0.4, -0.2) is 28.8 Å². The number of carbonyl (C=O) groups is 1. The molecule has 1 atom stereocenters. The molecule has 0 spiro atoms. The average molecular weight is 313 g/mol. The van der Waals surface area contributed by atoms with Crippen LogP contribution >= 0.6 is 0 Å². The summed E-state index contributed by atoms with van der Waals surface area (Å²) in [6.45, 7) is 5.42. The molecule has 6 nitrogen and oxygen atoms in total. The Morgan fingerprint density at radius 3 is 2.78 bits per heavy atom. The van der Waals surface area contributed by atoms with Crippen molar-refractivity contribution in [2.24, 2.45) is 7.05 Å². The Balaban J connectivity index is 2.06. The third kappa shape index (κ3) is 2.76. The van der Waals surface area contributed by atoms with Gasteiger partial charge in [-0.15, -0.1) is 0 Å². The number of aromatic nitrogens is 2. The zero-order chi connectivity index (χ0) is 16.4. The molecule has 3 rings (SSSR count). The summed E-state index contributed by atoms with van der Waals surface area (Å²) in [6, 6.07) is 7.76. The smallest absolute Gasteiger partial charge is 0.297 e. The number of carbonyl (C=O) groups excluding carboxylic acids is 1. The van der Waals surface area contributed by atoms with Gasteiger partial charge >= 0.3 is 0 Å². The van der Waals surface area contributed by atoms with Gasteiger partial charge in [0.2, 0.25) is 0 Å². The minimum absolute atomic E-state index is 0.274. The average Bonchev–Trinajstić information content (AvgIpc) is 2.93. The Morgan fingerprint density at radius 1 is 1.26 bits per heavy atom. The fourth-order valence-corrected chi connectivity index (χ4v) is 2.91. The van der Waals surface area contributed by atoms with Crippen molar-refractivity contribution in [1.29, 1.82) is 0 Å². The van der Waals surface area contributed by atoms with Crippen molar-refractivity contribution in [3.05, 3.63) is 41.7 Å². The van der Waals surface area contributed by atoms with Gasteiger partial charge in [0.15, 0.2) is 11.9 Å². The summed E-state index contributed by atoms with van der Waals surface area (Å²) in [6.07, 6.45) is 2.46. The lowest BCUT2D eigenvalue weighted by molar-refractivity contribution is 0.0914. The molecule has 1 aliphatic heterocycles. The van der Waals surface area contributed by atoms with Crippen LogP contribution in [0.1, 0.15) is 42.5 Å². The zero-order valence-electron chi connectivity index (χ0n) is 13.7. The maximum absolute atomic E-state index is 12.4. The second-order valence-corrected chi connectivity index (χ2v) is 5.51. The predicted molar refractivity (Wildman–Crippen MR) is 87.7 cm³/mol. The van der Waals surface area contributed by atoms with Gasteiger partial charge in [0.25, 0.3) is 5.91 Å². The number of anilines is 1. The monoisotopic (exact) mass is 313 g/mol. The molecular formula is C17H21N4O2. The number of nitrogens with zero attached hydrogens (tertiary/aromatic N) is 4. The second kappa shape index (κ2) is 6.32. The summed E-state index contributed by atoms with van der Waals surface area (Å²) < 4.78 is 7.39. The number of fused-ring (bicyclic) bond motifs is 1. The van der Waals surface area contributed by atoms with Crippen LogP contribution in [0.25, 0.3) is 0 Å². The number of benzene rings is 1. The van der Waals surface area contributed by atoms with Gasteiger partial charge in [-0.25, -0.2) is 5.32 Å². The largest absolute Gasteiger partial charge is 0.493 e. The molecule has 0 fully saturated rings. The summed E-state index contributed by atoms with van der Waals surface area (Å²) in [7, 11) is 1.82. The summed E-state index contributed by atoms with van der Waals surface area (Å²) >= 11 is 0. The normalized spacial score (nSPS) is 16.9. The van der Waals surface area contributed by atoms with Crippen LogP contribution in [0.3, 0.4) is 0 Å². The molecule has 1 radical (unpaired) electrons. The van der Waals surface area contributed by atoms with E-state index >= 15 is 0 Å². The molecule has 0 bridgehead atoms. The highest BCUT2D eigenvalue weighted by Gasteiger charge is 2.36. The van der Waals surface area contributed by atoms with E-state index in [0.717, 1.165) is 30.0 Å². The highest BCUT2D eigenvalue weighted by atomic mass is 16.5. The van der Waals surface area contributed by atoms with Crippen molar-refractivity contribution in [2.45, 2.75) is 26.4 Å². The fraction of sp³-hybridized carbons (Fsp3) is 0.412. The van der Waals surface area contributed by atoms with Crippen molar-refractivity contribution in [3.8, 4) is 5.75 Å². The van der Waals surface area contributed by atoms with Crippen LogP contribution in [0.4, 0.5) is 5.69 Å². The highest BCUT2D eigenvalue weighted by molar-refractivity contribution is 6.00. The first kappa shape index (κ1) is 15.4. The first-order valence-corrected chi connectivity index (χ1v) is 7.92. The Kier molecular flexibility index (Phi) is 4.23. The van der Waals surface area contributed by atoms with Crippen molar-refractivity contribution >= 4 is 11.6 Å². The molecule has 1 amide bonds. The lowest BCUT2D eigenvalue weighted by Crippen LogP contribution is -2.42. The number of para-hydroxylation sites is 1. The van der Waals surface area contributed by atoms with Crippen molar-refractivity contribution < 1.29 is 9.53 Å². The molecule has 1 aromatic heterocycles. The number of aryl methyl sites for hydroxylation is 1. The Bertz CT molecular complexity index is 710. The van der Waals surface area contributed by atoms with E-state index in [0.29, 0.717) is 12.3 Å². The van der Waals surface area contributed by atoms with Crippen LogP contribution in [0.15, 0.2) is 30.5 Å². The Hall–Kier alpha value is -2.50. The first-order chi connectivity index (χ1) is 11.2. The van der Waals surface area contributed by atoms with Gasteiger partial charge in [0.05, 0.1) is 12.3 Å². The van der Waals surface area contributed by atoms with Gasteiger partial charge in [-0.1, -0.05) is 25.1 Å². The van der Waals surface area contributed by atoms with Crippen LogP contribution in [0, 0.1) is 0 Å². The molecule has 2 heterocycles. The lowest BCUT2D eigenvalue weighted by Gasteiger charge is -2.35. The zero-order valence-corrected chi connectivity index (χ0v) is 13.7. The van der Waals surface area contributed by atoms with E-state index in [-0.39, 0.29) is 12.1 Å². The number of ether oxygens (including phenoxy) is 1. The van der Waals surface area contributed by atoms with Crippen molar-refractivity contribution in [3.63, 3.8) is 0 Å². The molecule has 2 aromatic rings. The van der Waals surface area contributed by atoms with Gasteiger partial charge < -0.3 is 9.64 Å². The van der Waals surface area contributed by atoms with Crippen LogP contribution < -0.4 is 15.0 Å². The SMILES string of the molecule is CCCN1c2cn(C)nc2C(=O)[N]C1c1ccccc1OCC. The first-order valence-electron chi connectivity index (χ1n) is 7.92. The van der Waals surface area contributed by atoms with Crippen molar-refractivity contribution in [1.82, 2.24) is 15.1 Å². The van der Waals surface area contributed by atoms with Gasteiger partial charge in [0, 0.05) is 25.4 Å². The maximum Gasteiger partial charge on any atom is 0.297 e. The molecule has 0 aliphatic carbocycles.